The first-order chi connectivity index (χ1) is 16.3. The molecule has 7 nitrogen and oxygen atoms in total. The van der Waals surface area contributed by atoms with Gasteiger partial charge in [-0.15, -0.1) is 0 Å². The first-order valence-electron chi connectivity index (χ1n) is 10.4. The summed E-state index contributed by atoms with van der Waals surface area (Å²) >= 11 is 6.09. The van der Waals surface area contributed by atoms with Crippen molar-refractivity contribution < 1.29 is 28.6 Å². The van der Waals surface area contributed by atoms with Gasteiger partial charge in [-0.2, -0.15) is 0 Å². The van der Waals surface area contributed by atoms with Crippen LogP contribution in [0, 0.1) is 0 Å². The van der Waals surface area contributed by atoms with Crippen molar-refractivity contribution in [3.8, 4) is 5.75 Å². The summed E-state index contributed by atoms with van der Waals surface area (Å²) in [5.41, 5.74) is 3.05. The Balaban J connectivity index is 1.87. The minimum absolute atomic E-state index is 0.293. The van der Waals surface area contributed by atoms with E-state index in [0.717, 1.165) is 0 Å². The van der Waals surface area contributed by atoms with Crippen molar-refractivity contribution in [2.24, 2.45) is 0 Å². The molecular formula is C26H24ClNO6. The molecule has 0 unspecified atom stereocenters. The van der Waals surface area contributed by atoms with Gasteiger partial charge >= 0.3 is 17.9 Å². The molecule has 0 bridgehead atoms. The van der Waals surface area contributed by atoms with Gasteiger partial charge in [0.25, 0.3) is 0 Å². The number of carbonyl (C=O) groups excluding carboxylic acids is 3. The number of methoxy groups -OCH3 is 2. The van der Waals surface area contributed by atoms with Crippen LogP contribution in [0.1, 0.15) is 30.9 Å². The van der Waals surface area contributed by atoms with E-state index in [2.05, 4.69) is 5.32 Å². The number of hydrogen-bond acceptors (Lipinski definition) is 7. The maximum absolute atomic E-state index is 12.6. The number of carbonyl (C=O) groups is 3. The third-order valence-corrected chi connectivity index (χ3v) is 5.65. The Morgan fingerprint density at radius 2 is 1.44 bits per heavy atom. The summed E-state index contributed by atoms with van der Waals surface area (Å²) in [6, 6.07) is 13.7. The first kappa shape index (κ1) is 24.8. The number of hydrogen-bond donors (Lipinski definition) is 1. The highest BCUT2D eigenvalue weighted by atomic mass is 35.5. The summed E-state index contributed by atoms with van der Waals surface area (Å²) in [7, 11) is 2.56. The molecule has 8 heteroatoms. The van der Waals surface area contributed by atoms with E-state index in [1.807, 2.05) is 6.07 Å². The van der Waals surface area contributed by atoms with Crippen LogP contribution in [0.3, 0.4) is 0 Å². The second-order valence-electron chi connectivity index (χ2n) is 7.46. The van der Waals surface area contributed by atoms with Crippen molar-refractivity contribution in [2.75, 3.05) is 14.2 Å². The summed E-state index contributed by atoms with van der Waals surface area (Å²) in [4.78, 5) is 37.4. The van der Waals surface area contributed by atoms with Gasteiger partial charge in [0.1, 0.15) is 5.75 Å². The van der Waals surface area contributed by atoms with Crippen LogP contribution in [0.5, 0.6) is 5.75 Å². The predicted molar refractivity (Wildman–Crippen MR) is 128 cm³/mol. The molecule has 1 N–H and O–H groups in total. The number of esters is 3. The molecule has 0 spiro atoms. The van der Waals surface area contributed by atoms with Gasteiger partial charge in [0.15, 0.2) is 0 Å². The van der Waals surface area contributed by atoms with E-state index < -0.39 is 23.8 Å². The molecule has 0 saturated heterocycles. The van der Waals surface area contributed by atoms with E-state index >= 15 is 0 Å². The molecule has 0 aliphatic carbocycles. The fourth-order valence-electron chi connectivity index (χ4n) is 3.73. The van der Waals surface area contributed by atoms with Crippen LogP contribution in [0.25, 0.3) is 6.08 Å². The second kappa shape index (κ2) is 10.9. The number of rotatable bonds is 6. The van der Waals surface area contributed by atoms with Crippen molar-refractivity contribution in [3.63, 3.8) is 0 Å². The first-order valence-corrected chi connectivity index (χ1v) is 10.7. The third-order valence-electron chi connectivity index (χ3n) is 5.31. The molecule has 2 aromatic rings. The molecule has 3 rings (SSSR count). The minimum Gasteiger partial charge on any atom is -0.466 e. The lowest BCUT2D eigenvalue weighted by atomic mass is 9.80. The predicted octanol–water partition coefficient (Wildman–Crippen LogP) is 4.54. The van der Waals surface area contributed by atoms with Crippen LogP contribution in [0.15, 0.2) is 77.1 Å². The quantitative estimate of drug-likeness (QED) is 0.368. The zero-order valence-corrected chi connectivity index (χ0v) is 19.9. The Morgan fingerprint density at radius 1 is 0.882 bits per heavy atom. The summed E-state index contributed by atoms with van der Waals surface area (Å²) in [6.45, 7) is 3.47. The highest BCUT2D eigenvalue weighted by molar-refractivity contribution is 6.32. The summed E-state index contributed by atoms with van der Waals surface area (Å²) < 4.78 is 15.3. The molecule has 34 heavy (non-hydrogen) atoms. The van der Waals surface area contributed by atoms with Gasteiger partial charge in [0.2, 0.25) is 0 Å². The highest BCUT2D eigenvalue weighted by Crippen LogP contribution is 2.39. The molecule has 1 aliphatic heterocycles. The SMILES string of the molecule is COC(=O)C1=C(C)NC(C)=C(C(=O)OC)C1c1ccc(OC(=O)/C=C/c2ccccc2Cl)cc1. The van der Waals surface area contributed by atoms with E-state index in [9.17, 15) is 14.4 Å². The van der Waals surface area contributed by atoms with Gasteiger partial charge in [-0.1, -0.05) is 41.9 Å². The van der Waals surface area contributed by atoms with E-state index in [1.54, 1.807) is 62.4 Å². The van der Waals surface area contributed by atoms with Crippen molar-refractivity contribution in [3.05, 3.63) is 93.3 Å². The number of benzene rings is 2. The van der Waals surface area contributed by atoms with E-state index in [1.165, 1.54) is 20.3 Å². The molecule has 1 aliphatic rings. The van der Waals surface area contributed by atoms with Gasteiger partial charge in [0, 0.05) is 22.5 Å². The van der Waals surface area contributed by atoms with Crippen LogP contribution in [-0.4, -0.2) is 32.1 Å². The van der Waals surface area contributed by atoms with Crippen LogP contribution in [-0.2, 0) is 23.9 Å². The molecule has 2 aromatic carbocycles. The van der Waals surface area contributed by atoms with Crippen molar-refractivity contribution in [1.82, 2.24) is 5.32 Å². The molecule has 176 valence electrons. The normalized spacial score (nSPS) is 14.1. The zero-order chi connectivity index (χ0) is 24.8. The Hall–Kier alpha value is -3.84. The van der Waals surface area contributed by atoms with Gasteiger partial charge < -0.3 is 19.5 Å². The van der Waals surface area contributed by atoms with Crippen molar-refractivity contribution in [2.45, 2.75) is 19.8 Å². The monoisotopic (exact) mass is 481 g/mol. The highest BCUT2D eigenvalue weighted by Gasteiger charge is 2.37. The largest absolute Gasteiger partial charge is 0.466 e. The number of allylic oxidation sites excluding steroid dienone is 2. The standard InChI is InChI=1S/C26H24ClNO6/c1-15-22(25(30)32-3)24(23(16(2)28-15)26(31)33-4)18-9-12-19(13-10-18)34-21(29)14-11-17-7-5-6-8-20(17)27/h5-14,24,28H,1-4H3/b14-11+. The van der Waals surface area contributed by atoms with Crippen LogP contribution >= 0.6 is 11.6 Å². The van der Waals surface area contributed by atoms with E-state index in [4.69, 9.17) is 25.8 Å². The van der Waals surface area contributed by atoms with E-state index in [0.29, 0.717) is 44.4 Å². The number of halogens is 1. The number of dihydropyridines is 1. The lowest BCUT2D eigenvalue weighted by molar-refractivity contribution is -0.137. The van der Waals surface area contributed by atoms with Gasteiger partial charge in [-0.25, -0.2) is 14.4 Å². The van der Waals surface area contributed by atoms with Gasteiger partial charge in [-0.05, 0) is 49.2 Å². The van der Waals surface area contributed by atoms with Gasteiger partial charge in [-0.3, -0.25) is 0 Å². The van der Waals surface area contributed by atoms with Crippen LogP contribution < -0.4 is 10.1 Å². The number of nitrogens with one attached hydrogen (secondary N) is 1. The molecule has 0 amide bonds. The fourth-order valence-corrected chi connectivity index (χ4v) is 3.93. The Kier molecular flexibility index (Phi) is 7.91. The summed E-state index contributed by atoms with van der Waals surface area (Å²) in [5.74, 6) is -2.13. The van der Waals surface area contributed by atoms with Crippen LogP contribution in [0.2, 0.25) is 5.02 Å². The Labute approximate surface area is 202 Å². The second-order valence-corrected chi connectivity index (χ2v) is 7.87. The fraction of sp³-hybridized carbons (Fsp3) is 0.192. The molecule has 0 radical (unpaired) electrons. The Morgan fingerprint density at radius 3 is 1.97 bits per heavy atom. The van der Waals surface area contributed by atoms with Gasteiger partial charge in [0.05, 0.1) is 31.3 Å². The average Bonchev–Trinajstić information content (AvgIpc) is 2.82. The lowest BCUT2D eigenvalue weighted by Gasteiger charge is -2.30. The summed E-state index contributed by atoms with van der Waals surface area (Å²) in [6.07, 6.45) is 2.85. The topological polar surface area (TPSA) is 90.9 Å². The maximum Gasteiger partial charge on any atom is 0.336 e. The van der Waals surface area contributed by atoms with Crippen LogP contribution in [0.4, 0.5) is 0 Å². The Bertz CT molecular complexity index is 1170. The van der Waals surface area contributed by atoms with Crippen molar-refractivity contribution >= 4 is 35.6 Å². The third kappa shape index (κ3) is 5.38. The molecule has 0 atom stereocenters. The zero-order valence-electron chi connectivity index (χ0n) is 19.2. The molecular weight excluding hydrogens is 458 g/mol. The van der Waals surface area contributed by atoms with Crippen molar-refractivity contribution in [1.29, 1.82) is 0 Å². The maximum atomic E-state index is 12.6. The number of ether oxygens (including phenoxy) is 3. The molecule has 0 aromatic heterocycles. The molecule has 0 saturated carbocycles. The molecule has 0 fully saturated rings. The average molecular weight is 482 g/mol. The molecule has 1 heterocycles. The minimum atomic E-state index is -0.717. The van der Waals surface area contributed by atoms with E-state index in [-0.39, 0.29) is 0 Å². The lowest BCUT2D eigenvalue weighted by Crippen LogP contribution is -2.32. The smallest absolute Gasteiger partial charge is 0.336 e. The summed E-state index contributed by atoms with van der Waals surface area (Å²) in [5, 5.41) is 3.57.